The van der Waals surface area contributed by atoms with Crippen LogP contribution in [-0.4, -0.2) is 60.4 Å². The molecule has 1 aromatic rings. The first-order valence-corrected chi connectivity index (χ1v) is 14.0. The van der Waals surface area contributed by atoms with Crippen LogP contribution < -0.4 is 0 Å². The van der Waals surface area contributed by atoms with E-state index in [1.165, 1.54) is 13.0 Å². The highest BCUT2D eigenvalue weighted by Gasteiger charge is 2.52. The molecular formula is C28H37NO9S. The number of hydrogen-bond acceptors (Lipinski definition) is 8. The van der Waals surface area contributed by atoms with Crippen LogP contribution in [0.2, 0.25) is 0 Å². The van der Waals surface area contributed by atoms with Gasteiger partial charge in [-0.2, -0.15) is 0 Å². The minimum atomic E-state index is -3.41. The lowest BCUT2D eigenvalue weighted by Crippen LogP contribution is -2.51. The topological polar surface area (TPSA) is 137 Å². The second-order valence-electron chi connectivity index (χ2n) is 11.0. The van der Waals surface area contributed by atoms with Gasteiger partial charge in [-0.1, -0.05) is 44.2 Å². The largest absolute Gasteiger partial charge is 0.495 e. The molecule has 3 atom stereocenters. The maximum Gasteiger partial charge on any atom is 0.340 e. The van der Waals surface area contributed by atoms with E-state index < -0.39 is 52.4 Å². The van der Waals surface area contributed by atoms with E-state index >= 15 is 0 Å². The lowest BCUT2D eigenvalue weighted by Gasteiger charge is -2.41. The van der Waals surface area contributed by atoms with Crippen LogP contribution in [0.25, 0.3) is 0 Å². The molecule has 11 heteroatoms. The van der Waals surface area contributed by atoms with Gasteiger partial charge in [0.25, 0.3) is 0 Å². The summed E-state index contributed by atoms with van der Waals surface area (Å²) < 4.78 is 43.5. The number of carboxylic acids is 1. The molecule has 0 radical (unpaired) electrons. The average molecular weight is 564 g/mol. The van der Waals surface area contributed by atoms with Crippen molar-refractivity contribution in [1.82, 2.24) is 4.31 Å². The molecule has 1 aromatic carbocycles. The molecule has 0 spiro atoms. The lowest BCUT2D eigenvalue weighted by molar-refractivity contribution is -0.168. The Morgan fingerprint density at radius 3 is 2.36 bits per heavy atom. The van der Waals surface area contributed by atoms with Crippen molar-refractivity contribution < 1.29 is 42.1 Å². The van der Waals surface area contributed by atoms with Crippen molar-refractivity contribution in [3.05, 3.63) is 59.0 Å². The summed E-state index contributed by atoms with van der Waals surface area (Å²) in [5.74, 6) is -3.80. The van der Waals surface area contributed by atoms with Crippen molar-refractivity contribution in [3.8, 4) is 0 Å². The van der Waals surface area contributed by atoms with Gasteiger partial charge in [-0.3, -0.25) is 9.10 Å². The van der Waals surface area contributed by atoms with Gasteiger partial charge in [-0.15, -0.1) is 0 Å². The molecule has 1 N–H and O–H groups in total. The first-order chi connectivity index (χ1) is 18.3. The average Bonchev–Trinajstić information content (AvgIpc) is 3.69. The van der Waals surface area contributed by atoms with Crippen LogP contribution >= 0.6 is 0 Å². The summed E-state index contributed by atoms with van der Waals surface area (Å²) in [6.45, 7) is 7.55. The molecule has 214 valence electrons. The molecular weight excluding hydrogens is 526 g/mol. The summed E-state index contributed by atoms with van der Waals surface area (Å²) in [5, 5.41) is 10.5. The zero-order chi connectivity index (χ0) is 29.0. The number of esters is 1. The van der Waals surface area contributed by atoms with Crippen LogP contribution in [0.5, 0.6) is 0 Å². The minimum absolute atomic E-state index is 0.0336. The van der Waals surface area contributed by atoms with Crippen molar-refractivity contribution in [2.45, 2.75) is 65.3 Å². The van der Waals surface area contributed by atoms with Crippen molar-refractivity contribution in [3.63, 3.8) is 0 Å². The smallest absolute Gasteiger partial charge is 0.340 e. The number of aldehydes is 1. The molecule has 0 saturated heterocycles. The highest BCUT2D eigenvalue weighted by molar-refractivity contribution is 7.70. The molecule has 0 aromatic heterocycles. The Hall–Kier alpha value is -3.18. The maximum absolute atomic E-state index is 12.9. The van der Waals surface area contributed by atoms with Gasteiger partial charge in [0, 0.05) is 5.92 Å². The Morgan fingerprint density at radius 2 is 1.85 bits per heavy atom. The molecule has 0 bridgehead atoms. The van der Waals surface area contributed by atoms with Crippen LogP contribution in [0.3, 0.4) is 0 Å². The molecule has 39 heavy (non-hydrogen) atoms. The number of nitrogens with zero attached hydrogens (tertiary/aromatic N) is 1. The summed E-state index contributed by atoms with van der Waals surface area (Å²) in [5.41, 5.74) is -2.07. The normalized spacial score (nSPS) is 22.2. The summed E-state index contributed by atoms with van der Waals surface area (Å²) in [4.78, 5) is 37.6. The highest BCUT2D eigenvalue weighted by Crippen LogP contribution is 2.44. The van der Waals surface area contributed by atoms with Gasteiger partial charge in [0.1, 0.15) is 24.2 Å². The molecule has 0 amide bonds. The van der Waals surface area contributed by atoms with Crippen molar-refractivity contribution in [1.29, 1.82) is 0 Å². The minimum Gasteiger partial charge on any atom is -0.495 e. The molecule has 3 rings (SSSR count). The predicted molar refractivity (Wildman–Crippen MR) is 143 cm³/mol. The number of carbonyl (C=O) groups is 3. The standard InChI is InChI=1S/C28H37NO9S/c1-18(15-30)22-13-28(26(32)33,37-17-20-9-7-6-8-10-20)19(2)25(36-16-21-11-12-21)24(22)29(39(34)35)14-23(31)38-27(3,4)5/h6-10,13,15,18-19,21,39H,11-12,14,16-17H2,1-5H3,(H,32,33). The number of benzene rings is 1. The fourth-order valence-corrected chi connectivity index (χ4v) is 4.92. The third-order valence-electron chi connectivity index (χ3n) is 6.59. The van der Waals surface area contributed by atoms with Crippen molar-refractivity contribution in [2.24, 2.45) is 17.8 Å². The van der Waals surface area contributed by atoms with Gasteiger partial charge in [-0.25, -0.2) is 13.2 Å². The van der Waals surface area contributed by atoms with Gasteiger partial charge in [0.15, 0.2) is 5.60 Å². The van der Waals surface area contributed by atoms with Crippen LogP contribution in [0.15, 0.2) is 53.4 Å². The quantitative estimate of drug-likeness (QED) is 0.211. The highest BCUT2D eigenvalue weighted by atomic mass is 32.2. The molecule has 2 aliphatic rings. The first kappa shape index (κ1) is 30.4. The third-order valence-corrected chi connectivity index (χ3v) is 7.32. The molecule has 10 nitrogen and oxygen atoms in total. The molecule has 0 aliphatic heterocycles. The first-order valence-electron chi connectivity index (χ1n) is 12.9. The Labute approximate surface area is 230 Å². The zero-order valence-corrected chi connectivity index (χ0v) is 23.8. The zero-order valence-electron chi connectivity index (χ0n) is 22.9. The van der Waals surface area contributed by atoms with E-state index in [2.05, 4.69) is 0 Å². The lowest BCUT2D eigenvalue weighted by atomic mass is 9.76. The van der Waals surface area contributed by atoms with E-state index in [9.17, 15) is 27.9 Å². The summed E-state index contributed by atoms with van der Waals surface area (Å²) in [7, 11) is -3.41. The molecule has 3 unspecified atom stereocenters. The molecule has 0 heterocycles. The number of hydrogen-bond donors (Lipinski definition) is 2. The van der Waals surface area contributed by atoms with Crippen LogP contribution in [0, 0.1) is 17.8 Å². The van der Waals surface area contributed by atoms with Gasteiger partial charge in [0.2, 0.25) is 10.9 Å². The number of carbonyl (C=O) groups excluding carboxylic acids is 2. The Bertz CT molecular complexity index is 1200. The van der Waals surface area contributed by atoms with E-state index in [0.717, 1.165) is 22.7 Å². The van der Waals surface area contributed by atoms with E-state index in [-0.39, 0.29) is 36.2 Å². The second-order valence-corrected chi connectivity index (χ2v) is 11.9. The maximum atomic E-state index is 12.9. The van der Waals surface area contributed by atoms with Crippen molar-refractivity contribution >= 4 is 29.1 Å². The molecule has 1 saturated carbocycles. The third kappa shape index (κ3) is 7.48. The van der Waals surface area contributed by atoms with Crippen LogP contribution in [0.1, 0.15) is 53.0 Å². The Kier molecular flexibility index (Phi) is 9.60. The number of allylic oxidation sites excluding steroid dienone is 1. The number of carboxylic acid groups (broad SMARTS) is 1. The fourth-order valence-electron chi connectivity index (χ4n) is 4.32. The summed E-state index contributed by atoms with van der Waals surface area (Å²) >= 11 is 0. The molecule has 1 fully saturated rings. The fraction of sp³-hybridized carbons (Fsp3) is 0.536. The SMILES string of the molecule is CC(C=O)C1=CC(OCc2ccccc2)(C(=O)O)C(C)C(OCC2CC2)=C1N(CC(=O)OC(C)(C)C)[SH](=O)=O. The number of rotatable bonds is 13. The second kappa shape index (κ2) is 12.3. The number of aliphatic carboxylic acids is 1. The predicted octanol–water partition coefficient (Wildman–Crippen LogP) is 3.25. The van der Waals surface area contributed by atoms with Crippen LogP contribution in [0.4, 0.5) is 0 Å². The molecule has 2 aliphatic carbocycles. The summed E-state index contributed by atoms with van der Waals surface area (Å²) in [6, 6.07) is 9.00. The van der Waals surface area contributed by atoms with E-state index in [4.69, 9.17) is 14.2 Å². The van der Waals surface area contributed by atoms with Gasteiger partial charge < -0.3 is 24.1 Å². The van der Waals surface area contributed by atoms with Gasteiger partial charge in [-0.05, 0) is 56.7 Å². The van der Waals surface area contributed by atoms with E-state index in [0.29, 0.717) is 6.29 Å². The Morgan fingerprint density at radius 1 is 1.21 bits per heavy atom. The monoisotopic (exact) mass is 563 g/mol. The van der Waals surface area contributed by atoms with Crippen molar-refractivity contribution in [2.75, 3.05) is 13.2 Å². The van der Waals surface area contributed by atoms with Crippen LogP contribution in [-0.2, 0) is 46.1 Å². The Balaban J connectivity index is 2.16. The number of ether oxygens (including phenoxy) is 3. The number of thiol groups is 1. The van der Waals surface area contributed by atoms with E-state index in [1.54, 1.807) is 52.0 Å². The van der Waals surface area contributed by atoms with E-state index in [1.807, 2.05) is 6.07 Å². The summed E-state index contributed by atoms with van der Waals surface area (Å²) in [6.07, 6.45) is 3.71. The van der Waals surface area contributed by atoms with Gasteiger partial charge >= 0.3 is 11.9 Å². The van der Waals surface area contributed by atoms with Gasteiger partial charge in [0.05, 0.1) is 24.8 Å².